The van der Waals surface area contributed by atoms with E-state index in [1.807, 2.05) is 6.92 Å². The highest BCUT2D eigenvalue weighted by molar-refractivity contribution is 5.99. The molecule has 0 saturated carbocycles. The second kappa shape index (κ2) is 7.23. The van der Waals surface area contributed by atoms with Crippen LogP contribution in [0.1, 0.15) is 30.6 Å². The third kappa shape index (κ3) is 4.07. The molecule has 1 fully saturated rings. The highest BCUT2D eigenvalue weighted by Crippen LogP contribution is 2.21. The Kier molecular flexibility index (Phi) is 5.33. The molecule has 2 rings (SSSR count). The van der Waals surface area contributed by atoms with Crippen LogP contribution in [0.5, 0.6) is 0 Å². The van der Waals surface area contributed by atoms with Crippen molar-refractivity contribution in [1.82, 2.24) is 10.2 Å². The number of likely N-dealkylation sites (N-methyl/N-ethyl adjacent to an activating group) is 1. The van der Waals surface area contributed by atoms with Crippen LogP contribution in [0.15, 0.2) is 24.3 Å². The normalized spacial score (nSPS) is 20.2. The minimum atomic E-state index is -0.554. The number of benzene rings is 1. The molecule has 0 radical (unpaired) electrons. The number of rotatable bonds is 4. The van der Waals surface area contributed by atoms with Crippen molar-refractivity contribution in [2.75, 3.05) is 18.4 Å². The fourth-order valence-corrected chi connectivity index (χ4v) is 2.73. The first-order chi connectivity index (χ1) is 10.9. The van der Waals surface area contributed by atoms with Gasteiger partial charge in [0.1, 0.15) is 6.04 Å². The fourth-order valence-electron chi connectivity index (χ4n) is 2.73. The van der Waals surface area contributed by atoms with E-state index in [1.165, 1.54) is 11.8 Å². The van der Waals surface area contributed by atoms with Crippen LogP contribution in [0.25, 0.3) is 0 Å². The molecule has 0 aliphatic carbocycles. The van der Waals surface area contributed by atoms with Crippen molar-refractivity contribution < 1.29 is 14.4 Å². The molecule has 1 aromatic rings. The summed E-state index contributed by atoms with van der Waals surface area (Å²) in [4.78, 5) is 37.5. The summed E-state index contributed by atoms with van der Waals surface area (Å²) in [6, 6.07) is 5.88. The van der Waals surface area contributed by atoms with E-state index in [2.05, 4.69) is 10.6 Å². The fraction of sp³-hybridized carbons (Fsp3) is 0.438. The number of likely N-dealkylation sites (tertiary alicyclic amines) is 1. The van der Waals surface area contributed by atoms with Gasteiger partial charge in [-0.05, 0) is 31.5 Å². The van der Waals surface area contributed by atoms with Crippen LogP contribution in [0.3, 0.4) is 0 Å². The molecule has 4 N–H and O–H groups in total. The maximum atomic E-state index is 12.7. The number of hydrogen-bond donors (Lipinski definition) is 3. The lowest BCUT2D eigenvalue weighted by atomic mass is 10.1. The van der Waals surface area contributed by atoms with E-state index in [4.69, 9.17) is 5.73 Å². The molecule has 1 heterocycles. The Hall–Kier alpha value is -2.41. The van der Waals surface area contributed by atoms with E-state index in [0.29, 0.717) is 30.8 Å². The maximum absolute atomic E-state index is 12.7. The first-order valence-electron chi connectivity index (χ1n) is 7.64. The standard InChI is InChI=1S/C16H22N4O3/c1-3-18-15(22)14-8-12(17)9-20(14)16(23)11-5-4-6-13(7-11)19-10(2)21/h4-7,12,14H,3,8-9,17H2,1-2H3,(H,18,22)(H,19,21)/t12-,14-/m0/s1. The first kappa shape index (κ1) is 17.0. The van der Waals surface area contributed by atoms with Gasteiger partial charge >= 0.3 is 0 Å². The molecule has 1 saturated heterocycles. The highest BCUT2D eigenvalue weighted by Gasteiger charge is 2.38. The van der Waals surface area contributed by atoms with Crippen molar-refractivity contribution in [1.29, 1.82) is 0 Å². The third-order valence-electron chi connectivity index (χ3n) is 3.68. The average molecular weight is 318 g/mol. The summed E-state index contributed by atoms with van der Waals surface area (Å²) < 4.78 is 0. The van der Waals surface area contributed by atoms with Gasteiger partial charge in [0.05, 0.1) is 0 Å². The molecule has 2 atom stereocenters. The van der Waals surface area contributed by atoms with Crippen molar-refractivity contribution in [2.24, 2.45) is 5.73 Å². The van der Waals surface area contributed by atoms with Crippen LogP contribution in [0, 0.1) is 0 Å². The van der Waals surface area contributed by atoms with Gasteiger partial charge in [-0.3, -0.25) is 14.4 Å². The van der Waals surface area contributed by atoms with Gasteiger partial charge in [-0.15, -0.1) is 0 Å². The molecule has 0 unspecified atom stereocenters. The molecule has 3 amide bonds. The van der Waals surface area contributed by atoms with Gasteiger partial charge in [-0.25, -0.2) is 0 Å². The van der Waals surface area contributed by atoms with Crippen LogP contribution in [-0.4, -0.2) is 47.8 Å². The zero-order valence-electron chi connectivity index (χ0n) is 13.3. The number of nitrogens with two attached hydrogens (primary N) is 1. The smallest absolute Gasteiger partial charge is 0.254 e. The third-order valence-corrected chi connectivity index (χ3v) is 3.68. The van der Waals surface area contributed by atoms with Gasteiger partial charge in [0.25, 0.3) is 5.91 Å². The lowest BCUT2D eigenvalue weighted by molar-refractivity contribution is -0.124. The molecule has 1 aliphatic rings. The van der Waals surface area contributed by atoms with Gasteiger partial charge < -0.3 is 21.3 Å². The topological polar surface area (TPSA) is 105 Å². The Morgan fingerprint density at radius 2 is 2.09 bits per heavy atom. The molecule has 1 aromatic carbocycles. The van der Waals surface area contributed by atoms with Crippen molar-refractivity contribution in [3.63, 3.8) is 0 Å². The van der Waals surface area contributed by atoms with Crippen LogP contribution in [0.4, 0.5) is 5.69 Å². The molecule has 7 heteroatoms. The summed E-state index contributed by atoms with van der Waals surface area (Å²) in [5.41, 5.74) is 6.89. The van der Waals surface area contributed by atoms with E-state index >= 15 is 0 Å². The SMILES string of the molecule is CCNC(=O)[C@@H]1C[C@H](N)CN1C(=O)c1cccc(NC(C)=O)c1. The van der Waals surface area contributed by atoms with Gasteiger partial charge in [0, 0.05) is 37.3 Å². The molecule has 23 heavy (non-hydrogen) atoms. The summed E-state index contributed by atoms with van der Waals surface area (Å²) in [5.74, 6) is -0.661. The van der Waals surface area contributed by atoms with Gasteiger partial charge in [-0.2, -0.15) is 0 Å². The van der Waals surface area contributed by atoms with Gasteiger partial charge in [-0.1, -0.05) is 6.07 Å². The van der Waals surface area contributed by atoms with Crippen LogP contribution < -0.4 is 16.4 Å². The van der Waals surface area contributed by atoms with Crippen LogP contribution in [-0.2, 0) is 9.59 Å². The predicted molar refractivity (Wildman–Crippen MR) is 86.8 cm³/mol. The molecular weight excluding hydrogens is 296 g/mol. The Morgan fingerprint density at radius 3 is 2.74 bits per heavy atom. The number of carbonyl (C=O) groups is 3. The Bertz CT molecular complexity index is 617. The molecular formula is C16H22N4O3. The van der Waals surface area contributed by atoms with Gasteiger partial charge in [0.15, 0.2) is 0 Å². The summed E-state index contributed by atoms with van der Waals surface area (Å²) >= 11 is 0. The minimum Gasteiger partial charge on any atom is -0.355 e. The zero-order valence-corrected chi connectivity index (χ0v) is 13.3. The Labute approximate surface area is 135 Å². The average Bonchev–Trinajstić information content (AvgIpc) is 2.88. The Balaban J connectivity index is 2.20. The molecule has 124 valence electrons. The monoisotopic (exact) mass is 318 g/mol. The van der Waals surface area contributed by atoms with E-state index in [1.54, 1.807) is 24.3 Å². The Morgan fingerprint density at radius 1 is 1.35 bits per heavy atom. The lowest BCUT2D eigenvalue weighted by Gasteiger charge is -2.24. The van der Waals surface area contributed by atoms with Crippen molar-refractivity contribution in [3.8, 4) is 0 Å². The first-order valence-corrected chi connectivity index (χ1v) is 7.64. The summed E-state index contributed by atoms with van der Waals surface area (Å²) in [5, 5.41) is 5.38. The summed E-state index contributed by atoms with van der Waals surface area (Å²) in [6.45, 7) is 4.07. The van der Waals surface area contributed by atoms with E-state index in [9.17, 15) is 14.4 Å². The predicted octanol–water partition coefficient (Wildman–Crippen LogP) is 0.323. The van der Waals surface area contributed by atoms with Crippen LogP contribution >= 0.6 is 0 Å². The lowest BCUT2D eigenvalue weighted by Crippen LogP contribution is -2.45. The van der Waals surface area contributed by atoms with Crippen molar-refractivity contribution >= 4 is 23.4 Å². The van der Waals surface area contributed by atoms with E-state index < -0.39 is 6.04 Å². The highest BCUT2D eigenvalue weighted by atomic mass is 16.2. The number of nitrogens with one attached hydrogen (secondary N) is 2. The number of carbonyl (C=O) groups excluding carboxylic acids is 3. The van der Waals surface area contributed by atoms with Gasteiger partial charge in [0.2, 0.25) is 11.8 Å². The zero-order chi connectivity index (χ0) is 17.0. The number of anilines is 1. The number of amides is 3. The quantitative estimate of drug-likeness (QED) is 0.743. The summed E-state index contributed by atoms with van der Waals surface area (Å²) in [7, 11) is 0. The van der Waals surface area contributed by atoms with Crippen molar-refractivity contribution in [2.45, 2.75) is 32.4 Å². The second-order valence-corrected chi connectivity index (χ2v) is 5.63. The molecule has 7 nitrogen and oxygen atoms in total. The second-order valence-electron chi connectivity index (χ2n) is 5.63. The molecule has 1 aliphatic heterocycles. The van der Waals surface area contributed by atoms with Crippen molar-refractivity contribution in [3.05, 3.63) is 29.8 Å². The molecule has 0 bridgehead atoms. The minimum absolute atomic E-state index is 0.188. The molecule has 0 spiro atoms. The maximum Gasteiger partial charge on any atom is 0.254 e. The number of nitrogens with zero attached hydrogens (tertiary/aromatic N) is 1. The van der Waals surface area contributed by atoms with Crippen LogP contribution in [0.2, 0.25) is 0 Å². The van der Waals surface area contributed by atoms with E-state index in [-0.39, 0.29) is 23.8 Å². The molecule has 0 aromatic heterocycles. The number of hydrogen-bond acceptors (Lipinski definition) is 4. The van der Waals surface area contributed by atoms with E-state index in [0.717, 1.165) is 0 Å². The summed E-state index contributed by atoms with van der Waals surface area (Å²) in [6.07, 6.45) is 0.447. The largest absolute Gasteiger partial charge is 0.355 e.